The standard InChI is InChI=1S/C21H28N2O4S2/c1-5-23(6-2)29(25,26)20-13-9-18(10-14-20)27-15-21(24)22-16(3)17-7-11-19(28-4)12-8-17/h7-14,16H,5-6,15H2,1-4H3,(H,22,24). The Labute approximate surface area is 177 Å². The van der Waals surface area contributed by atoms with Gasteiger partial charge in [0.25, 0.3) is 5.91 Å². The minimum atomic E-state index is -3.50. The van der Waals surface area contributed by atoms with E-state index in [1.807, 2.05) is 37.4 Å². The molecule has 2 aromatic carbocycles. The van der Waals surface area contributed by atoms with Gasteiger partial charge >= 0.3 is 0 Å². The molecule has 2 rings (SSSR count). The van der Waals surface area contributed by atoms with E-state index in [0.29, 0.717) is 18.8 Å². The third-order valence-electron chi connectivity index (χ3n) is 4.53. The molecular weight excluding hydrogens is 408 g/mol. The summed E-state index contributed by atoms with van der Waals surface area (Å²) >= 11 is 1.67. The van der Waals surface area contributed by atoms with Gasteiger partial charge in [-0.05, 0) is 55.1 Å². The molecule has 158 valence electrons. The number of benzene rings is 2. The number of carbonyl (C=O) groups excluding carboxylic acids is 1. The summed E-state index contributed by atoms with van der Waals surface area (Å²) < 4.78 is 31.9. The third-order valence-corrected chi connectivity index (χ3v) is 7.34. The van der Waals surface area contributed by atoms with Gasteiger partial charge in [-0.1, -0.05) is 26.0 Å². The number of carbonyl (C=O) groups is 1. The van der Waals surface area contributed by atoms with Gasteiger partial charge in [-0.2, -0.15) is 4.31 Å². The fraction of sp³-hybridized carbons (Fsp3) is 0.381. The molecule has 29 heavy (non-hydrogen) atoms. The Kier molecular flexibility index (Phi) is 8.55. The highest BCUT2D eigenvalue weighted by Gasteiger charge is 2.21. The average Bonchev–Trinajstić information content (AvgIpc) is 2.73. The van der Waals surface area contributed by atoms with Crippen LogP contribution < -0.4 is 10.1 Å². The summed E-state index contributed by atoms with van der Waals surface area (Å²) in [5.41, 5.74) is 1.02. The number of sulfonamides is 1. The van der Waals surface area contributed by atoms with Crippen molar-refractivity contribution in [2.45, 2.75) is 36.6 Å². The highest BCUT2D eigenvalue weighted by atomic mass is 32.2. The largest absolute Gasteiger partial charge is 0.484 e. The maximum Gasteiger partial charge on any atom is 0.258 e. The second kappa shape index (κ2) is 10.7. The van der Waals surface area contributed by atoms with E-state index in [1.54, 1.807) is 37.7 Å². The predicted octanol–water partition coefficient (Wildman–Crippen LogP) is 3.70. The lowest BCUT2D eigenvalue weighted by Crippen LogP contribution is -2.31. The molecule has 1 N–H and O–H groups in total. The van der Waals surface area contributed by atoms with Gasteiger partial charge in [0.1, 0.15) is 5.75 Å². The molecule has 8 heteroatoms. The number of rotatable bonds is 10. The molecule has 0 saturated carbocycles. The van der Waals surface area contributed by atoms with Crippen LogP contribution in [0.4, 0.5) is 0 Å². The third kappa shape index (κ3) is 6.22. The number of ether oxygens (including phenoxy) is 1. The van der Waals surface area contributed by atoms with E-state index in [0.717, 1.165) is 5.56 Å². The molecule has 0 aromatic heterocycles. The SMILES string of the molecule is CCN(CC)S(=O)(=O)c1ccc(OCC(=O)NC(C)c2ccc(SC)cc2)cc1. The van der Waals surface area contributed by atoms with Crippen LogP contribution in [-0.4, -0.2) is 44.6 Å². The minimum absolute atomic E-state index is 0.136. The smallest absolute Gasteiger partial charge is 0.258 e. The first-order valence-corrected chi connectivity index (χ1v) is 12.1. The molecule has 1 amide bonds. The van der Waals surface area contributed by atoms with Gasteiger partial charge in [-0.3, -0.25) is 4.79 Å². The fourth-order valence-electron chi connectivity index (χ4n) is 2.83. The Morgan fingerprint density at radius 1 is 1.07 bits per heavy atom. The van der Waals surface area contributed by atoms with Crippen molar-refractivity contribution in [1.82, 2.24) is 9.62 Å². The molecular formula is C21H28N2O4S2. The highest BCUT2D eigenvalue weighted by Crippen LogP contribution is 2.20. The summed E-state index contributed by atoms with van der Waals surface area (Å²) in [7, 11) is -3.50. The molecule has 6 nitrogen and oxygen atoms in total. The van der Waals surface area contributed by atoms with Crippen molar-refractivity contribution in [3.63, 3.8) is 0 Å². The zero-order valence-electron chi connectivity index (χ0n) is 17.2. The van der Waals surface area contributed by atoms with Crippen molar-refractivity contribution < 1.29 is 17.9 Å². The van der Waals surface area contributed by atoms with Gasteiger partial charge in [0.15, 0.2) is 6.61 Å². The van der Waals surface area contributed by atoms with E-state index in [4.69, 9.17) is 4.74 Å². The first kappa shape index (κ1) is 23.3. The number of amides is 1. The maximum absolute atomic E-state index is 12.5. The van der Waals surface area contributed by atoms with Crippen molar-refractivity contribution in [2.75, 3.05) is 26.0 Å². The van der Waals surface area contributed by atoms with Crippen molar-refractivity contribution >= 4 is 27.7 Å². The summed E-state index contributed by atoms with van der Waals surface area (Å²) in [6.07, 6.45) is 2.02. The summed E-state index contributed by atoms with van der Waals surface area (Å²) in [4.78, 5) is 13.6. The van der Waals surface area contributed by atoms with Crippen LogP contribution in [0.1, 0.15) is 32.4 Å². The van der Waals surface area contributed by atoms with Gasteiger partial charge in [-0.15, -0.1) is 11.8 Å². The summed E-state index contributed by atoms with van der Waals surface area (Å²) in [6, 6.07) is 14.0. The molecule has 0 radical (unpaired) electrons. The molecule has 1 unspecified atom stereocenters. The lowest BCUT2D eigenvalue weighted by Gasteiger charge is -2.18. The molecule has 0 spiro atoms. The van der Waals surface area contributed by atoms with Crippen LogP contribution >= 0.6 is 11.8 Å². The second-order valence-corrected chi connectivity index (χ2v) is 9.23. The van der Waals surface area contributed by atoms with Gasteiger partial charge in [0, 0.05) is 18.0 Å². The second-order valence-electron chi connectivity index (χ2n) is 6.41. The maximum atomic E-state index is 12.5. The molecule has 1 atom stereocenters. The van der Waals surface area contributed by atoms with Crippen molar-refractivity contribution in [3.05, 3.63) is 54.1 Å². The lowest BCUT2D eigenvalue weighted by atomic mass is 10.1. The van der Waals surface area contributed by atoms with Crippen molar-refractivity contribution in [2.24, 2.45) is 0 Å². The van der Waals surface area contributed by atoms with Crippen LogP contribution in [0.25, 0.3) is 0 Å². The zero-order chi connectivity index (χ0) is 21.4. The average molecular weight is 437 g/mol. The number of nitrogens with zero attached hydrogens (tertiary/aromatic N) is 1. The Hall–Kier alpha value is -2.03. The van der Waals surface area contributed by atoms with Gasteiger partial charge in [0.05, 0.1) is 10.9 Å². The number of nitrogens with one attached hydrogen (secondary N) is 1. The number of thioether (sulfide) groups is 1. The highest BCUT2D eigenvalue weighted by molar-refractivity contribution is 7.98. The topological polar surface area (TPSA) is 75.7 Å². The van der Waals surface area contributed by atoms with Crippen LogP contribution in [0.2, 0.25) is 0 Å². The molecule has 0 saturated heterocycles. The van der Waals surface area contributed by atoms with E-state index in [-0.39, 0.29) is 23.5 Å². The fourth-order valence-corrected chi connectivity index (χ4v) is 4.69. The lowest BCUT2D eigenvalue weighted by molar-refractivity contribution is -0.123. The summed E-state index contributed by atoms with van der Waals surface area (Å²) in [5.74, 6) is 0.196. The van der Waals surface area contributed by atoms with Gasteiger partial charge in [0.2, 0.25) is 10.0 Å². The van der Waals surface area contributed by atoms with E-state index in [1.165, 1.54) is 21.3 Å². The van der Waals surface area contributed by atoms with E-state index < -0.39 is 10.0 Å². The Balaban J connectivity index is 1.91. The van der Waals surface area contributed by atoms with E-state index in [9.17, 15) is 13.2 Å². The molecule has 2 aromatic rings. The Morgan fingerprint density at radius 3 is 2.17 bits per heavy atom. The zero-order valence-corrected chi connectivity index (χ0v) is 18.8. The van der Waals surface area contributed by atoms with E-state index >= 15 is 0 Å². The van der Waals surface area contributed by atoms with Gasteiger partial charge in [-0.25, -0.2) is 8.42 Å². The summed E-state index contributed by atoms with van der Waals surface area (Å²) in [5, 5.41) is 2.90. The monoisotopic (exact) mass is 436 g/mol. The normalized spacial score (nSPS) is 12.6. The Morgan fingerprint density at radius 2 is 1.66 bits per heavy atom. The first-order chi connectivity index (χ1) is 13.8. The molecule has 0 aliphatic rings. The predicted molar refractivity (Wildman–Crippen MR) is 117 cm³/mol. The van der Waals surface area contributed by atoms with Crippen LogP contribution in [0, 0.1) is 0 Å². The molecule has 0 fully saturated rings. The van der Waals surface area contributed by atoms with Crippen molar-refractivity contribution in [3.8, 4) is 5.75 Å². The number of hydrogen-bond acceptors (Lipinski definition) is 5. The van der Waals surface area contributed by atoms with Crippen LogP contribution in [0.5, 0.6) is 5.75 Å². The summed E-state index contributed by atoms with van der Waals surface area (Å²) in [6.45, 7) is 6.20. The quantitative estimate of drug-likeness (QED) is 0.575. The first-order valence-electron chi connectivity index (χ1n) is 9.48. The molecule has 0 heterocycles. The molecule has 0 aliphatic heterocycles. The Bertz CT molecular complexity index is 893. The van der Waals surface area contributed by atoms with Crippen molar-refractivity contribution in [1.29, 1.82) is 0 Å². The van der Waals surface area contributed by atoms with Gasteiger partial charge < -0.3 is 10.1 Å². The van der Waals surface area contributed by atoms with Crippen LogP contribution in [0.15, 0.2) is 58.3 Å². The van der Waals surface area contributed by atoms with Crippen LogP contribution in [-0.2, 0) is 14.8 Å². The van der Waals surface area contributed by atoms with Crippen LogP contribution in [0.3, 0.4) is 0 Å². The van der Waals surface area contributed by atoms with E-state index in [2.05, 4.69) is 5.32 Å². The minimum Gasteiger partial charge on any atom is -0.484 e. The molecule has 0 aliphatic carbocycles. The molecule has 0 bridgehead atoms. The number of hydrogen-bond donors (Lipinski definition) is 1.